The van der Waals surface area contributed by atoms with Crippen molar-refractivity contribution in [2.75, 3.05) is 6.54 Å². The minimum absolute atomic E-state index is 0.164. The fourth-order valence-corrected chi connectivity index (χ4v) is 3.30. The van der Waals surface area contributed by atoms with Crippen LogP contribution in [0, 0.1) is 0 Å². The molecule has 1 heterocycles. The van der Waals surface area contributed by atoms with E-state index >= 15 is 0 Å². The van der Waals surface area contributed by atoms with E-state index < -0.39 is 32.8 Å². The van der Waals surface area contributed by atoms with Gasteiger partial charge in [0, 0.05) is 6.54 Å². The molecule has 0 unspecified atom stereocenters. The van der Waals surface area contributed by atoms with Crippen LogP contribution in [0.3, 0.4) is 0 Å². The second-order valence-electron chi connectivity index (χ2n) is 5.19. The number of alkyl halides is 3. The normalized spacial score (nSPS) is 17.2. The van der Waals surface area contributed by atoms with E-state index in [2.05, 4.69) is 15.0 Å². The summed E-state index contributed by atoms with van der Waals surface area (Å²) in [6.45, 7) is -0.173. The smallest absolute Gasteiger partial charge is 0.404 e. The molecule has 0 aliphatic heterocycles. The molecule has 0 spiro atoms. The van der Waals surface area contributed by atoms with E-state index in [4.69, 9.17) is 5.14 Å². The number of nitrogens with zero attached hydrogens (tertiary/aromatic N) is 1. The van der Waals surface area contributed by atoms with Crippen molar-refractivity contribution in [2.24, 2.45) is 5.14 Å². The van der Waals surface area contributed by atoms with Gasteiger partial charge in [-0.1, -0.05) is 6.42 Å². The molecule has 1 aliphatic carbocycles. The number of primary sulfonamides is 1. The van der Waals surface area contributed by atoms with Gasteiger partial charge in [-0.25, -0.2) is 18.5 Å². The van der Waals surface area contributed by atoms with E-state index in [1.807, 2.05) is 0 Å². The van der Waals surface area contributed by atoms with Gasteiger partial charge >= 0.3 is 6.36 Å². The van der Waals surface area contributed by atoms with Crippen molar-refractivity contribution in [1.82, 2.24) is 10.3 Å². The summed E-state index contributed by atoms with van der Waals surface area (Å²) in [7, 11) is -3.81. The zero-order valence-corrected chi connectivity index (χ0v) is 12.6. The molecular weight excluding hydrogens is 339 g/mol. The lowest BCUT2D eigenvalue weighted by molar-refractivity contribution is -0.274. The maximum Gasteiger partial charge on any atom is 0.573 e. The van der Waals surface area contributed by atoms with Crippen molar-refractivity contribution in [3.63, 3.8) is 0 Å². The number of sulfonamides is 1. The molecule has 11 heteroatoms. The first kappa shape index (κ1) is 17.5. The zero-order chi connectivity index (χ0) is 17.3. The average molecular weight is 353 g/mol. The summed E-state index contributed by atoms with van der Waals surface area (Å²) >= 11 is 0. The molecule has 2 rings (SSSR count). The Balaban J connectivity index is 1.99. The SMILES string of the molecule is NS(=O)(=O)C1(CNC(=O)c2ccc(OC(F)(F)F)cn2)CCC1. The standard InChI is InChI=1S/C12H14F3N3O4S/c13-12(14,15)22-8-2-3-9(17-6-8)10(19)18-7-11(4-1-5-11)23(16,20)21/h2-3,6H,1,4-5,7H2,(H,18,19)(H2,16,20,21). The maximum atomic E-state index is 12.0. The Kier molecular flexibility index (Phi) is 4.53. The lowest BCUT2D eigenvalue weighted by Crippen LogP contribution is -2.56. The number of hydrogen-bond donors (Lipinski definition) is 2. The summed E-state index contributed by atoms with van der Waals surface area (Å²) < 4.78 is 61.6. The van der Waals surface area contributed by atoms with Crippen molar-refractivity contribution in [3.8, 4) is 5.75 Å². The number of nitrogens with one attached hydrogen (secondary N) is 1. The van der Waals surface area contributed by atoms with Crippen molar-refractivity contribution >= 4 is 15.9 Å². The van der Waals surface area contributed by atoms with E-state index in [1.165, 1.54) is 0 Å². The quantitative estimate of drug-likeness (QED) is 0.818. The van der Waals surface area contributed by atoms with Gasteiger partial charge < -0.3 is 10.1 Å². The van der Waals surface area contributed by atoms with Crippen molar-refractivity contribution in [1.29, 1.82) is 0 Å². The number of carbonyl (C=O) groups is 1. The van der Waals surface area contributed by atoms with Gasteiger partial charge in [0.25, 0.3) is 5.91 Å². The number of hydrogen-bond acceptors (Lipinski definition) is 5. The van der Waals surface area contributed by atoms with Gasteiger partial charge in [0.05, 0.1) is 6.20 Å². The van der Waals surface area contributed by atoms with Gasteiger partial charge in [-0.15, -0.1) is 13.2 Å². The Bertz CT molecular complexity index is 684. The molecule has 128 valence electrons. The van der Waals surface area contributed by atoms with E-state index in [1.54, 1.807) is 0 Å². The van der Waals surface area contributed by atoms with Gasteiger partial charge in [0.15, 0.2) is 0 Å². The van der Waals surface area contributed by atoms with E-state index in [0.717, 1.165) is 18.3 Å². The highest BCUT2D eigenvalue weighted by Gasteiger charge is 2.47. The van der Waals surface area contributed by atoms with Gasteiger partial charge in [-0.2, -0.15) is 0 Å². The van der Waals surface area contributed by atoms with Crippen molar-refractivity contribution < 1.29 is 31.1 Å². The fraction of sp³-hybridized carbons (Fsp3) is 0.500. The summed E-state index contributed by atoms with van der Waals surface area (Å²) in [6, 6.07) is 1.98. The first-order chi connectivity index (χ1) is 10.5. The van der Waals surface area contributed by atoms with Crippen LogP contribution in [-0.4, -0.2) is 37.0 Å². The molecule has 1 aromatic heterocycles. The van der Waals surface area contributed by atoms with Crippen LogP contribution in [0.4, 0.5) is 13.2 Å². The average Bonchev–Trinajstić information content (AvgIpc) is 2.34. The number of pyridine rings is 1. The number of carbonyl (C=O) groups excluding carboxylic acids is 1. The molecule has 1 saturated carbocycles. The molecule has 1 aromatic rings. The number of rotatable bonds is 5. The Morgan fingerprint density at radius 3 is 2.43 bits per heavy atom. The molecule has 0 radical (unpaired) electrons. The minimum atomic E-state index is -4.85. The predicted molar refractivity (Wildman–Crippen MR) is 72.9 cm³/mol. The third kappa shape index (κ3) is 4.10. The summed E-state index contributed by atoms with van der Waals surface area (Å²) in [5, 5.41) is 7.55. The van der Waals surface area contributed by atoms with Crippen LogP contribution in [0.1, 0.15) is 29.8 Å². The molecule has 0 atom stereocenters. The molecule has 0 aromatic carbocycles. The van der Waals surface area contributed by atoms with Gasteiger partial charge in [0.2, 0.25) is 10.0 Å². The van der Waals surface area contributed by atoms with Gasteiger partial charge in [-0.3, -0.25) is 4.79 Å². The van der Waals surface area contributed by atoms with Crippen LogP contribution in [0.5, 0.6) is 5.75 Å². The molecule has 0 saturated heterocycles. The Labute approximate surface area is 130 Å². The van der Waals surface area contributed by atoms with E-state index in [0.29, 0.717) is 19.3 Å². The highest BCUT2D eigenvalue weighted by Crippen LogP contribution is 2.37. The third-order valence-corrected chi connectivity index (χ3v) is 5.40. The van der Waals surface area contributed by atoms with E-state index in [9.17, 15) is 26.4 Å². The Morgan fingerprint density at radius 2 is 2.04 bits per heavy atom. The molecule has 1 fully saturated rings. The minimum Gasteiger partial charge on any atom is -0.404 e. The number of amides is 1. The lowest BCUT2D eigenvalue weighted by atomic mass is 9.84. The van der Waals surface area contributed by atoms with Crippen molar-refractivity contribution in [3.05, 3.63) is 24.0 Å². The number of ether oxygens (including phenoxy) is 1. The summed E-state index contributed by atoms with van der Waals surface area (Å²) in [4.78, 5) is 15.4. The second-order valence-corrected chi connectivity index (χ2v) is 7.15. The number of aromatic nitrogens is 1. The second kappa shape index (κ2) is 5.96. The fourth-order valence-electron chi connectivity index (χ4n) is 2.17. The highest BCUT2D eigenvalue weighted by atomic mass is 32.2. The largest absolute Gasteiger partial charge is 0.573 e. The van der Waals surface area contributed by atoms with Crippen LogP contribution < -0.4 is 15.2 Å². The lowest BCUT2D eigenvalue weighted by Gasteiger charge is -2.39. The van der Waals surface area contributed by atoms with Crippen LogP contribution in [-0.2, 0) is 10.0 Å². The van der Waals surface area contributed by atoms with E-state index in [-0.39, 0.29) is 12.2 Å². The summed E-state index contributed by atoms with van der Waals surface area (Å²) in [5.41, 5.74) is -0.164. The monoisotopic (exact) mass is 353 g/mol. The van der Waals surface area contributed by atoms with Crippen LogP contribution >= 0.6 is 0 Å². The van der Waals surface area contributed by atoms with Crippen LogP contribution in [0.25, 0.3) is 0 Å². The molecule has 0 bridgehead atoms. The third-order valence-electron chi connectivity index (χ3n) is 3.64. The van der Waals surface area contributed by atoms with Crippen LogP contribution in [0.15, 0.2) is 18.3 Å². The van der Waals surface area contributed by atoms with Gasteiger partial charge in [-0.05, 0) is 25.0 Å². The topological polar surface area (TPSA) is 111 Å². The molecule has 1 amide bonds. The molecule has 7 nitrogen and oxygen atoms in total. The van der Waals surface area contributed by atoms with Gasteiger partial charge in [0.1, 0.15) is 16.2 Å². The maximum absolute atomic E-state index is 12.0. The first-order valence-electron chi connectivity index (χ1n) is 6.55. The number of nitrogens with two attached hydrogens (primary N) is 1. The van der Waals surface area contributed by atoms with Crippen molar-refractivity contribution in [2.45, 2.75) is 30.4 Å². The Morgan fingerprint density at radius 1 is 1.39 bits per heavy atom. The summed E-state index contributed by atoms with van der Waals surface area (Å²) in [6.07, 6.45) is -2.72. The number of halogens is 3. The zero-order valence-electron chi connectivity index (χ0n) is 11.8. The van der Waals surface area contributed by atoms with Crippen LogP contribution in [0.2, 0.25) is 0 Å². The molecule has 1 aliphatic rings. The molecule has 3 N–H and O–H groups in total. The summed E-state index contributed by atoms with van der Waals surface area (Å²) in [5.74, 6) is -1.27. The molecular formula is C12H14F3N3O4S. The highest BCUT2D eigenvalue weighted by molar-refractivity contribution is 7.90. The molecule has 23 heavy (non-hydrogen) atoms. The predicted octanol–water partition coefficient (Wildman–Crippen LogP) is 0.921. The Hall–Kier alpha value is -1.88. The first-order valence-corrected chi connectivity index (χ1v) is 8.09.